The van der Waals surface area contributed by atoms with Crippen LogP contribution in [0.4, 0.5) is 11.4 Å². The first-order valence-corrected chi connectivity index (χ1v) is 8.87. The fourth-order valence-electron chi connectivity index (χ4n) is 3.61. The third-order valence-electron chi connectivity index (χ3n) is 4.97. The van der Waals surface area contributed by atoms with E-state index in [1.54, 1.807) is 42.5 Å². The summed E-state index contributed by atoms with van der Waals surface area (Å²) < 4.78 is 0. The van der Waals surface area contributed by atoms with Gasteiger partial charge < -0.3 is 16.0 Å². The summed E-state index contributed by atoms with van der Waals surface area (Å²) in [5.74, 6) is -1.50. The Hall–Kier alpha value is -3.68. The molecule has 1 saturated heterocycles. The van der Waals surface area contributed by atoms with Gasteiger partial charge in [-0.05, 0) is 42.3 Å². The van der Waals surface area contributed by atoms with Crippen molar-refractivity contribution in [3.63, 3.8) is 0 Å². The van der Waals surface area contributed by atoms with Crippen molar-refractivity contribution in [1.29, 1.82) is 0 Å². The number of rotatable bonds is 3. The zero-order valence-electron chi connectivity index (χ0n) is 14.9. The molecule has 1 atom stereocenters. The van der Waals surface area contributed by atoms with Gasteiger partial charge >= 0.3 is 0 Å². The van der Waals surface area contributed by atoms with Gasteiger partial charge in [0.25, 0.3) is 11.8 Å². The van der Waals surface area contributed by atoms with Crippen LogP contribution in [-0.4, -0.2) is 34.6 Å². The molecule has 1 unspecified atom stereocenters. The standard InChI is InChI=1S/C20H18N4O4/c21-11-3-1-4-12(9-11)22-18(26)13-5-2-6-14-15(13)10-24(20(14)28)16-7-8-17(25)23-19(16)27/h1-6,9,16H,7-8,10,21H2,(H,22,26)(H,23,25,27). The van der Waals surface area contributed by atoms with Crippen LogP contribution in [0.1, 0.15) is 39.1 Å². The van der Waals surface area contributed by atoms with Gasteiger partial charge in [-0.15, -0.1) is 0 Å². The third kappa shape index (κ3) is 3.09. The van der Waals surface area contributed by atoms with E-state index in [4.69, 9.17) is 5.73 Å². The second-order valence-electron chi connectivity index (χ2n) is 6.81. The van der Waals surface area contributed by atoms with Crippen molar-refractivity contribution in [2.45, 2.75) is 25.4 Å². The van der Waals surface area contributed by atoms with Gasteiger partial charge in [-0.3, -0.25) is 24.5 Å². The predicted octanol–water partition coefficient (Wildman–Crippen LogP) is 1.28. The maximum absolute atomic E-state index is 12.8. The number of amides is 4. The highest BCUT2D eigenvalue weighted by Crippen LogP contribution is 2.30. The molecule has 8 heteroatoms. The molecular formula is C20H18N4O4. The Morgan fingerprint density at radius 1 is 1.14 bits per heavy atom. The number of carbonyl (C=O) groups is 4. The van der Waals surface area contributed by atoms with Gasteiger partial charge in [0.05, 0.1) is 0 Å². The minimum atomic E-state index is -0.720. The van der Waals surface area contributed by atoms with E-state index in [2.05, 4.69) is 10.6 Å². The Bertz CT molecular complexity index is 1020. The fourth-order valence-corrected chi connectivity index (χ4v) is 3.61. The highest BCUT2D eigenvalue weighted by molar-refractivity contribution is 6.10. The second kappa shape index (κ2) is 6.80. The Morgan fingerprint density at radius 3 is 2.68 bits per heavy atom. The number of piperidine rings is 1. The van der Waals surface area contributed by atoms with E-state index in [-0.39, 0.29) is 37.1 Å². The lowest BCUT2D eigenvalue weighted by Crippen LogP contribution is -2.52. The Balaban J connectivity index is 1.60. The average Bonchev–Trinajstić information content (AvgIpc) is 2.98. The molecule has 28 heavy (non-hydrogen) atoms. The van der Waals surface area contributed by atoms with Gasteiger partial charge in [-0.2, -0.15) is 0 Å². The summed E-state index contributed by atoms with van der Waals surface area (Å²) >= 11 is 0. The number of hydrogen-bond acceptors (Lipinski definition) is 5. The zero-order chi connectivity index (χ0) is 19.8. The third-order valence-corrected chi connectivity index (χ3v) is 4.97. The first kappa shape index (κ1) is 17.7. The van der Waals surface area contributed by atoms with E-state index in [0.717, 1.165) is 0 Å². The minimum absolute atomic E-state index is 0.140. The molecule has 2 aromatic rings. The van der Waals surface area contributed by atoms with E-state index in [9.17, 15) is 19.2 Å². The SMILES string of the molecule is Nc1cccc(NC(=O)c2cccc3c2CN(C2CCC(=O)NC2=O)C3=O)c1. The zero-order valence-corrected chi connectivity index (χ0v) is 14.9. The molecule has 0 radical (unpaired) electrons. The molecule has 2 aliphatic rings. The maximum atomic E-state index is 12.8. The number of benzene rings is 2. The lowest BCUT2D eigenvalue weighted by Gasteiger charge is -2.29. The highest BCUT2D eigenvalue weighted by atomic mass is 16.2. The molecule has 2 aliphatic heterocycles. The molecule has 2 heterocycles. The van der Waals surface area contributed by atoms with Crippen LogP contribution >= 0.6 is 0 Å². The number of fused-ring (bicyclic) bond motifs is 1. The summed E-state index contributed by atoms with van der Waals surface area (Å²) in [6, 6.07) is 11.0. The van der Waals surface area contributed by atoms with Crippen LogP contribution in [0, 0.1) is 0 Å². The number of anilines is 2. The smallest absolute Gasteiger partial charge is 0.256 e. The van der Waals surface area contributed by atoms with Crippen molar-refractivity contribution in [2.24, 2.45) is 0 Å². The average molecular weight is 378 g/mol. The van der Waals surface area contributed by atoms with Gasteiger partial charge in [0, 0.05) is 35.5 Å². The number of hydrogen-bond donors (Lipinski definition) is 3. The molecule has 8 nitrogen and oxygen atoms in total. The van der Waals surface area contributed by atoms with Gasteiger partial charge in [-0.25, -0.2) is 0 Å². The van der Waals surface area contributed by atoms with E-state index in [0.29, 0.717) is 28.1 Å². The van der Waals surface area contributed by atoms with Crippen molar-refractivity contribution in [3.8, 4) is 0 Å². The van der Waals surface area contributed by atoms with Crippen LogP contribution in [0.15, 0.2) is 42.5 Å². The van der Waals surface area contributed by atoms with Crippen LogP contribution in [0.5, 0.6) is 0 Å². The molecular weight excluding hydrogens is 360 g/mol. The van der Waals surface area contributed by atoms with Gasteiger partial charge in [0.2, 0.25) is 11.8 Å². The normalized spacial score (nSPS) is 18.6. The summed E-state index contributed by atoms with van der Waals surface area (Å²) in [5, 5.41) is 5.05. The molecule has 4 amide bonds. The fraction of sp³-hybridized carbons (Fsp3) is 0.200. The summed E-state index contributed by atoms with van der Waals surface area (Å²) in [5.41, 5.74) is 8.14. The molecule has 2 aromatic carbocycles. The molecule has 0 aliphatic carbocycles. The van der Waals surface area contributed by atoms with Crippen molar-refractivity contribution in [3.05, 3.63) is 59.2 Å². The molecule has 1 fully saturated rings. The van der Waals surface area contributed by atoms with E-state index in [1.807, 2.05) is 0 Å². The van der Waals surface area contributed by atoms with E-state index in [1.165, 1.54) is 4.90 Å². The topological polar surface area (TPSA) is 122 Å². The van der Waals surface area contributed by atoms with E-state index < -0.39 is 11.9 Å². The van der Waals surface area contributed by atoms with Crippen molar-refractivity contribution < 1.29 is 19.2 Å². The summed E-state index contributed by atoms with van der Waals surface area (Å²) in [4.78, 5) is 50.6. The second-order valence-corrected chi connectivity index (χ2v) is 6.81. The summed E-state index contributed by atoms with van der Waals surface area (Å²) in [6.07, 6.45) is 0.453. The Labute approximate surface area is 160 Å². The molecule has 0 spiro atoms. The van der Waals surface area contributed by atoms with E-state index >= 15 is 0 Å². The van der Waals surface area contributed by atoms with Crippen LogP contribution < -0.4 is 16.4 Å². The largest absolute Gasteiger partial charge is 0.399 e. The molecule has 0 aromatic heterocycles. The summed E-state index contributed by atoms with van der Waals surface area (Å²) in [6.45, 7) is 0.140. The monoisotopic (exact) mass is 378 g/mol. The first-order valence-electron chi connectivity index (χ1n) is 8.87. The molecule has 142 valence electrons. The lowest BCUT2D eigenvalue weighted by atomic mass is 10.0. The Morgan fingerprint density at radius 2 is 1.93 bits per heavy atom. The van der Waals surface area contributed by atoms with Crippen molar-refractivity contribution in [1.82, 2.24) is 10.2 Å². The highest BCUT2D eigenvalue weighted by Gasteiger charge is 2.40. The molecule has 0 saturated carbocycles. The van der Waals surface area contributed by atoms with Crippen LogP contribution in [0.25, 0.3) is 0 Å². The number of nitrogens with one attached hydrogen (secondary N) is 2. The number of nitrogen functional groups attached to an aromatic ring is 1. The van der Waals surface area contributed by atoms with Gasteiger partial charge in [0.1, 0.15) is 6.04 Å². The maximum Gasteiger partial charge on any atom is 0.256 e. The molecule has 4 N–H and O–H groups in total. The lowest BCUT2D eigenvalue weighted by molar-refractivity contribution is -0.136. The quantitative estimate of drug-likeness (QED) is 0.549. The first-order chi connectivity index (χ1) is 13.4. The number of nitrogens with zero attached hydrogens (tertiary/aromatic N) is 1. The number of imide groups is 1. The van der Waals surface area contributed by atoms with Gasteiger partial charge in [0.15, 0.2) is 0 Å². The number of nitrogens with two attached hydrogens (primary N) is 1. The van der Waals surface area contributed by atoms with Crippen molar-refractivity contribution in [2.75, 3.05) is 11.1 Å². The van der Waals surface area contributed by atoms with Crippen molar-refractivity contribution >= 4 is 35.0 Å². The molecule has 0 bridgehead atoms. The van der Waals surface area contributed by atoms with Gasteiger partial charge in [-0.1, -0.05) is 12.1 Å². The molecule has 4 rings (SSSR count). The van der Waals surface area contributed by atoms with Crippen LogP contribution in [-0.2, 0) is 16.1 Å². The number of carbonyl (C=O) groups excluding carboxylic acids is 4. The minimum Gasteiger partial charge on any atom is -0.399 e. The van der Waals surface area contributed by atoms with Crippen LogP contribution in [0.2, 0.25) is 0 Å². The predicted molar refractivity (Wildman–Crippen MR) is 101 cm³/mol. The van der Waals surface area contributed by atoms with Crippen LogP contribution in [0.3, 0.4) is 0 Å². The Kier molecular flexibility index (Phi) is 4.31. The summed E-state index contributed by atoms with van der Waals surface area (Å²) in [7, 11) is 0.